The number of para-hydroxylation sites is 4. The Bertz CT molecular complexity index is 3190. The van der Waals surface area contributed by atoms with Crippen LogP contribution in [0.5, 0.6) is 0 Å². The first kappa shape index (κ1) is 31.2. The summed E-state index contributed by atoms with van der Waals surface area (Å²) < 4.78 is 4.76. The third kappa shape index (κ3) is 5.13. The molecule has 2 aromatic heterocycles. The third-order valence-electron chi connectivity index (χ3n) is 11.1. The maximum Gasteiger partial charge on any atom is 0.0547 e. The number of fused-ring (bicyclic) bond motifs is 7. The fraction of sp³-hybridized carbons (Fsp3) is 0. The number of rotatable bonds is 6. The summed E-state index contributed by atoms with van der Waals surface area (Å²) in [5, 5.41) is 7.42. The van der Waals surface area contributed by atoms with Crippen LogP contribution in [0.2, 0.25) is 0 Å². The molecule has 0 aliphatic heterocycles. The number of hydrogen-bond acceptors (Lipinski definition) is 1. The molecule has 0 spiro atoms. The second-order valence-corrected chi connectivity index (χ2v) is 14.2. The third-order valence-corrected chi connectivity index (χ3v) is 11.1. The summed E-state index contributed by atoms with van der Waals surface area (Å²) in [7, 11) is 0. The van der Waals surface area contributed by atoms with E-state index < -0.39 is 0 Å². The summed E-state index contributed by atoms with van der Waals surface area (Å²) >= 11 is 0. The molecule has 3 heteroatoms. The van der Waals surface area contributed by atoms with E-state index in [9.17, 15) is 0 Å². The zero-order valence-corrected chi connectivity index (χ0v) is 30.0. The fourth-order valence-corrected chi connectivity index (χ4v) is 8.53. The van der Waals surface area contributed by atoms with Crippen molar-refractivity contribution in [1.82, 2.24) is 9.13 Å². The van der Waals surface area contributed by atoms with E-state index in [2.05, 4.69) is 226 Å². The number of benzene rings is 9. The quantitative estimate of drug-likeness (QED) is 0.168. The predicted molar refractivity (Wildman–Crippen MR) is 233 cm³/mol. The minimum absolute atomic E-state index is 1.10. The highest BCUT2D eigenvalue weighted by molar-refractivity contribution is 6.11. The van der Waals surface area contributed by atoms with Crippen LogP contribution in [0.15, 0.2) is 212 Å². The second-order valence-electron chi connectivity index (χ2n) is 14.2. The maximum absolute atomic E-state index is 2.39. The van der Waals surface area contributed by atoms with Crippen LogP contribution in [0.3, 0.4) is 0 Å². The van der Waals surface area contributed by atoms with Gasteiger partial charge in [-0.15, -0.1) is 0 Å². The van der Waals surface area contributed by atoms with Crippen LogP contribution in [0.25, 0.3) is 76.9 Å². The zero-order chi connectivity index (χ0) is 36.3. The molecule has 9 aromatic carbocycles. The van der Waals surface area contributed by atoms with E-state index in [4.69, 9.17) is 0 Å². The van der Waals surface area contributed by atoms with E-state index >= 15 is 0 Å². The van der Waals surface area contributed by atoms with Gasteiger partial charge in [-0.3, -0.25) is 0 Å². The minimum atomic E-state index is 1.10. The molecule has 0 saturated heterocycles. The highest BCUT2D eigenvalue weighted by Crippen LogP contribution is 2.41. The van der Waals surface area contributed by atoms with Crippen molar-refractivity contribution in [3.8, 4) is 22.5 Å². The fourth-order valence-electron chi connectivity index (χ4n) is 8.53. The van der Waals surface area contributed by atoms with Crippen LogP contribution in [-0.4, -0.2) is 9.13 Å². The molecule has 55 heavy (non-hydrogen) atoms. The molecule has 0 aliphatic carbocycles. The standard InChI is InChI=1S/C52H35N3/c1-3-15-40(16-4-1)54-50-22-12-10-20-46(50)48-35-44(30-32-51(48)54)53(43-29-25-36-13-7-8-14-38(36)33-43)42-27-23-37(24-28-42)39-26-31-47-45-19-9-11-21-49(45)55(52(47)34-39)41-17-5-2-6-18-41/h1-35H. The van der Waals surface area contributed by atoms with Gasteiger partial charge in [0.15, 0.2) is 0 Å². The van der Waals surface area contributed by atoms with E-state index in [1.807, 2.05) is 0 Å². The average molecular weight is 702 g/mol. The smallest absolute Gasteiger partial charge is 0.0547 e. The van der Waals surface area contributed by atoms with Crippen LogP contribution in [0.1, 0.15) is 0 Å². The number of hydrogen-bond donors (Lipinski definition) is 0. The molecule has 0 radical (unpaired) electrons. The van der Waals surface area contributed by atoms with Crippen LogP contribution in [0, 0.1) is 0 Å². The van der Waals surface area contributed by atoms with Crippen molar-refractivity contribution in [3.63, 3.8) is 0 Å². The molecule has 0 N–H and O–H groups in total. The number of anilines is 3. The SMILES string of the molecule is c1ccc(-n2c3ccccc3c3cc(N(c4ccc(-c5ccc6c7ccccc7n(-c7ccccc7)c6c5)cc4)c4ccc5ccccc5c4)ccc32)cc1. The van der Waals surface area contributed by atoms with E-state index in [1.54, 1.807) is 0 Å². The van der Waals surface area contributed by atoms with Gasteiger partial charge in [0.1, 0.15) is 0 Å². The molecular formula is C52H35N3. The van der Waals surface area contributed by atoms with Gasteiger partial charge in [0.25, 0.3) is 0 Å². The molecule has 11 rings (SSSR count). The van der Waals surface area contributed by atoms with Crippen molar-refractivity contribution in [2.75, 3.05) is 4.90 Å². The number of aromatic nitrogens is 2. The predicted octanol–water partition coefficient (Wildman–Crippen LogP) is 14.2. The second kappa shape index (κ2) is 12.6. The van der Waals surface area contributed by atoms with Crippen molar-refractivity contribution in [3.05, 3.63) is 212 Å². The Morgan fingerprint density at radius 2 is 0.764 bits per heavy atom. The van der Waals surface area contributed by atoms with E-state index in [-0.39, 0.29) is 0 Å². The Labute approximate surface area is 319 Å². The van der Waals surface area contributed by atoms with Gasteiger partial charge >= 0.3 is 0 Å². The van der Waals surface area contributed by atoms with E-state index in [0.29, 0.717) is 0 Å². The van der Waals surface area contributed by atoms with Gasteiger partial charge in [-0.25, -0.2) is 0 Å². The highest BCUT2D eigenvalue weighted by Gasteiger charge is 2.19. The average Bonchev–Trinajstić information content (AvgIpc) is 3.77. The Balaban J connectivity index is 1.06. The largest absolute Gasteiger partial charge is 0.310 e. The van der Waals surface area contributed by atoms with Gasteiger partial charge in [0, 0.05) is 50.0 Å². The van der Waals surface area contributed by atoms with Crippen molar-refractivity contribution in [1.29, 1.82) is 0 Å². The molecule has 3 nitrogen and oxygen atoms in total. The summed E-state index contributed by atoms with van der Waals surface area (Å²) in [6.07, 6.45) is 0. The summed E-state index contributed by atoms with van der Waals surface area (Å²) in [6.45, 7) is 0. The molecule has 11 aromatic rings. The van der Waals surface area contributed by atoms with Crippen LogP contribution >= 0.6 is 0 Å². The summed E-state index contributed by atoms with van der Waals surface area (Å²) in [4.78, 5) is 2.39. The van der Waals surface area contributed by atoms with Gasteiger partial charge in [-0.2, -0.15) is 0 Å². The number of nitrogens with zero attached hydrogens (tertiary/aromatic N) is 3. The van der Waals surface area contributed by atoms with Crippen LogP contribution in [0.4, 0.5) is 17.1 Å². The molecule has 0 atom stereocenters. The Kier molecular flexibility index (Phi) is 7.17. The molecule has 0 aliphatic rings. The van der Waals surface area contributed by atoms with E-state index in [1.165, 1.54) is 65.5 Å². The van der Waals surface area contributed by atoms with Gasteiger partial charge in [-0.05, 0) is 107 Å². The first-order valence-corrected chi connectivity index (χ1v) is 18.9. The zero-order valence-electron chi connectivity index (χ0n) is 30.0. The van der Waals surface area contributed by atoms with E-state index in [0.717, 1.165) is 28.4 Å². The molecular weight excluding hydrogens is 667 g/mol. The molecule has 0 amide bonds. The topological polar surface area (TPSA) is 13.1 Å². The Hall–Kier alpha value is -7.36. The lowest BCUT2D eigenvalue weighted by molar-refractivity contribution is 1.18. The molecule has 258 valence electrons. The van der Waals surface area contributed by atoms with Crippen LogP contribution < -0.4 is 4.90 Å². The first-order chi connectivity index (χ1) is 27.3. The lowest BCUT2D eigenvalue weighted by Gasteiger charge is -2.26. The van der Waals surface area contributed by atoms with Gasteiger partial charge in [0.05, 0.1) is 22.1 Å². The summed E-state index contributed by atoms with van der Waals surface area (Å²) in [5.74, 6) is 0. The van der Waals surface area contributed by atoms with Crippen molar-refractivity contribution < 1.29 is 0 Å². The lowest BCUT2D eigenvalue weighted by atomic mass is 10.0. The monoisotopic (exact) mass is 701 g/mol. The maximum atomic E-state index is 2.39. The summed E-state index contributed by atoms with van der Waals surface area (Å²) in [6, 6.07) is 76.9. The van der Waals surface area contributed by atoms with Crippen molar-refractivity contribution in [2.24, 2.45) is 0 Å². The summed E-state index contributed by atoms with van der Waals surface area (Å²) in [5.41, 5.74) is 12.8. The van der Waals surface area contributed by atoms with Gasteiger partial charge in [-0.1, -0.05) is 127 Å². The molecule has 0 unspecified atom stereocenters. The first-order valence-electron chi connectivity index (χ1n) is 18.9. The van der Waals surface area contributed by atoms with Gasteiger partial charge < -0.3 is 14.0 Å². The highest BCUT2D eigenvalue weighted by atomic mass is 15.1. The molecule has 0 saturated carbocycles. The molecule has 2 heterocycles. The Morgan fingerprint density at radius 1 is 0.273 bits per heavy atom. The normalized spacial score (nSPS) is 11.6. The van der Waals surface area contributed by atoms with Gasteiger partial charge in [0.2, 0.25) is 0 Å². The van der Waals surface area contributed by atoms with Crippen molar-refractivity contribution in [2.45, 2.75) is 0 Å². The Morgan fingerprint density at radius 3 is 1.47 bits per heavy atom. The lowest BCUT2D eigenvalue weighted by Crippen LogP contribution is -2.10. The van der Waals surface area contributed by atoms with Crippen molar-refractivity contribution >= 4 is 71.4 Å². The molecule has 0 bridgehead atoms. The molecule has 0 fully saturated rings. The minimum Gasteiger partial charge on any atom is -0.310 e. The van der Waals surface area contributed by atoms with Crippen LogP contribution in [-0.2, 0) is 0 Å².